The van der Waals surface area contributed by atoms with Crippen molar-refractivity contribution in [1.82, 2.24) is 0 Å². The van der Waals surface area contributed by atoms with E-state index in [0.717, 1.165) is 5.56 Å². The van der Waals surface area contributed by atoms with E-state index in [2.05, 4.69) is 4.74 Å². The average molecular weight is 264 g/mol. The lowest BCUT2D eigenvalue weighted by Gasteiger charge is -2.26. The maximum absolute atomic E-state index is 11.6. The number of rotatable bonds is 6. The summed E-state index contributed by atoms with van der Waals surface area (Å²) in [5.41, 5.74) is 0.938. The summed E-state index contributed by atoms with van der Waals surface area (Å²) in [7, 11) is 1.28. The minimum Gasteiger partial charge on any atom is -0.481 e. The Morgan fingerprint density at radius 1 is 1.26 bits per heavy atom. The molecule has 3 atom stereocenters. The van der Waals surface area contributed by atoms with E-state index in [0.29, 0.717) is 6.42 Å². The maximum Gasteiger partial charge on any atom is 0.309 e. The van der Waals surface area contributed by atoms with Crippen LogP contribution >= 0.6 is 0 Å². The van der Waals surface area contributed by atoms with E-state index in [4.69, 9.17) is 0 Å². The Hall–Kier alpha value is -1.84. The number of aliphatic carboxylic acids is 1. The van der Waals surface area contributed by atoms with Crippen LogP contribution in [0.25, 0.3) is 0 Å². The number of benzene rings is 1. The van der Waals surface area contributed by atoms with Crippen molar-refractivity contribution in [2.24, 2.45) is 11.8 Å². The van der Waals surface area contributed by atoms with Crippen LogP contribution in [0.15, 0.2) is 30.3 Å². The molecule has 1 rings (SSSR count). The topological polar surface area (TPSA) is 63.6 Å². The van der Waals surface area contributed by atoms with Crippen LogP contribution in [0.3, 0.4) is 0 Å². The molecule has 0 aliphatic heterocycles. The number of carboxylic acids is 1. The maximum atomic E-state index is 11.6. The van der Waals surface area contributed by atoms with E-state index < -0.39 is 23.8 Å². The Morgan fingerprint density at radius 3 is 2.26 bits per heavy atom. The van der Waals surface area contributed by atoms with Crippen molar-refractivity contribution < 1.29 is 19.4 Å². The smallest absolute Gasteiger partial charge is 0.309 e. The SMILES string of the molecule is CCC(c1ccccc1)C(C(=O)O)C(C)C(=O)OC. The molecule has 0 aliphatic rings. The lowest BCUT2D eigenvalue weighted by Crippen LogP contribution is -2.33. The third kappa shape index (κ3) is 3.56. The van der Waals surface area contributed by atoms with Gasteiger partial charge in [0.05, 0.1) is 18.9 Å². The summed E-state index contributed by atoms with van der Waals surface area (Å²) >= 11 is 0. The molecule has 104 valence electrons. The normalized spacial score (nSPS) is 15.3. The van der Waals surface area contributed by atoms with E-state index in [1.165, 1.54) is 7.11 Å². The van der Waals surface area contributed by atoms with Gasteiger partial charge in [-0.05, 0) is 17.9 Å². The van der Waals surface area contributed by atoms with Crippen LogP contribution in [0.1, 0.15) is 31.7 Å². The van der Waals surface area contributed by atoms with Gasteiger partial charge in [-0.3, -0.25) is 9.59 Å². The van der Waals surface area contributed by atoms with Crippen LogP contribution in [-0.2, 0) is 14.3 Å². The zero-order chi connectivity index (χ0) is 14.4. The third-order valence-corrected chi connectivity index (χ3v) is 3.50. The van der Waals surface area contributed by atoms with Crippen LogP contribution in [0.2, 0.25) is 0 Å². The highest BCUT2D eigenvalue weighted by atomic mass is 16.5. The highest BCUT2D eigenvalue weighted by molar-refractivity contribution is 5.81. The summed E-state index contributed by atoms with van der Waals surface area (Å²) < 4.78 is 4.67. The first-order valence-electron chi connectivity index (χ1n) is 6.38. The van der Waals surface area contributed by atoms with Gasteiger partial charge in [0, 0.05) is 0 Å². The fourth-order valence-electron chi connectivity index (χ4n) is 2.46. The minimum atomic E-state index is -0.964. The molecule has 4 heteroatoms. The molecule has 0 radical (unpaired) electrons. The predicted octanol–water partition coefficient (Wildman–Crippen LogP) is 2.69. The largest absolute Gasteiger partial charge is 0.481 e. The van der Waals surface area contributed by atoms with Gasteiger partial charge < -0.3 is 9.84 Å². The molecular weight excluding hydrogens is 244 g/mol. The summed E-state index contributed by atoms with van der Waals surface area (Å²) in [6, 6.07) is 9.43. The van der Waals surface area contributed by atoms with E-state index in [9.17, 15) is 14.7 Å². The molecule has 0 saturated heterocycles. The molecule has 1 N–H and O–H groups in total. The molecule has 0 spiro atoms. The Kier molecular flexibility index (Phi) is 5.55. The number of carbonyl (C=O) groups is 2. The van der Waals surface area contributed by atoms with E-state index in [1.807, 2.05) is 37.3 Å². The van der Waals surface area contributed by atoms with Crippen molar-refractivity contribution in [3.8, 4) is 0 Å². The van der Waals surface area contributed by atoms with E-state index in [-0.39, 0.29) is 5.92 Å². The lowest BCUT2D eigenvalue weighted by atomic mass is 9.77. The summed E-state index contributed by atoms with van der Waals surface area (Å²) in [6.45, 7) is 3.54. The molecule has 1 aromatic rings. The first-order valence-corrected chi connectivity index (χ1v) is 6.38. The molecule has 3 unspecified atom stereocenters. The number of esters is 1. The lowest BCUT2D eigenvalue weighted by molar-refractivity contribution is -0.156. The first-order chi connectivity index (χ1) is 9.02. The second-order valence-corrected chi connectivity index (χ2v) is 4.60. The molecule has 0 aliphatic carbocycles. The molecule has 0 bridgehead atoms. The van der Waals surface area contributed by atoms with Gasteiger partial charge in [0.15, 0.2) is 0 Å². The molecule has 4 nitrogen and oxygen atoms in total. The van der Waals surface area contributed by atoms with Crippen molar-refractivity contribution in [2.45, 2.75) is 26.2 Å². The molecule has 19 heavy (non-hydrogen) atoms. The molecule has 1 aromatic carbocycles. The summed E-state index contributed by atoms with van der Waals surface area (Å²) in [4.78, 5) is 23.2. The monoisotopic (exact) mass is 264 g/mol. The van der Waals surface area contributed by atoms with Gasteiger partial charge in [0.1, 0.15) is 0 Å². The fourth-order valence-corrected chi connectivity index (χ4v) is 2.46. The zero-order valence-electron chi connectivity index (χ0n) is 11.5. The second-order valence-electron chi connectivity index (χ2n) is 4.60. The number of methoxy groups -OCH3 is 1. The number of carbonyl (C=O) groups excluding carboxylic acids is 1. The number of hydrogen-bond donors (Lipinski definition) is 1. The highest BCUT2D eigenvalue weighted by Gasteiger charge is 2.37. The van der Waals surface area contributed by atoms with Crippen LogP contribution < -0.4 is 0 Å². The van der Waals surface area contributed by atoms with Crippen molar-refractivity contribution in [3.05, 3.63) is 35.9 Å². The number of hydrogen-bond acceptors (Lipinski definition) is 3. The number of carboxylic acid groups (broad SMARTS) is 1. The number of ether oxygens (including phenoxy) is 1. The van der Waals surface area contributed by atoms with Gasteiger partial charge in [0.25, 0.3) is 0 Å². The third-order valence-electron chi connectivity index (χ3n) is 3.50. The minimum absolute atomic E-state index is 0.201. The van der Waals surface area contributed by atoms with Crippen LogP contribution in [-0.4, -0.2) is 24.2 Å². The molecule has 0 fully saturated rings. The van der Waals surface area contributed by atoms with Crippen molar-refractivity contribution >= 4 is 11.9 Å². The highest BCUT2D eigenvalue weighted by Crippen LogP contribution is 2.33. The van der Waals surface area contributed by atoms with Crippen LogP contribution in [0.4, 0.5) is 0 Å². The molecule has 0 amide bonds. The summed E-state index contributed by atoms with van der Waals surface area (Å²) in [5.74, 6) is -3.10. The molecule has 0 heterocycles. The fraction of sp³-hybridized carbons (Fsp3) is 0.467. The van der Waals surface area contributed by atoms with Crippen molar-refractivity contribution in [1.29, 1.82) is 0 Å². The average Bonchev–Trinajstić information content (AvgIpc) is 2.43. The second kappa shape index (κ2) is 6.92. The molecular formula is C15H20O4. The van der Waals surface area contributed by atoms with Crippen LogP contribution in [0, 0.1) is 11.8 Å². The van der Waals surface area contributed by atoms with Gasteiger partial charge in [0.2, 0.25) is 0 Å². The van der Waals surface area contributed by atoms with Gasteiger partial charge in [-0.2, -0.15) is 0 Å². The summed E-state index contributed by atoms with van der Waals surface area (Å²) in [5, 5.41) is 9.44. The molecule has 0 aromatic heterocycles. The Balaban J connectivity index is 3.09. The van der Waals surface area contributed by atoms with Crippen molar-refractivity contribution in [2.75, 3.05) is 7.11 Å². The molecule has 0 saturated carbocycles. The van der Waals surface area contributed by atoms with Gasteiger partial charge >= 0.3 is 11.9 Å². The Bertz CT molecular complexity index is 427. The quantitative estimate of drug-likeness (QED) is 0.802. The van der Waals surface area contributed by atoms with Gasteiger partial charge in [-0.15, -0.1) is 0 Å². The van der Waals surface area contributed by atoms with E-state index >= 15 is 0 Å². The van der Waals surface area contributed by atoms with E-state index in [1.54, 1.807) is 6.92 Å². The van der Waals surface area contributed by atoms with Gasteiger partial charge in [-0.1, -0.05) is 44.2 Å². The zero-order valence-corrected chi connectivity index (χ0v) is 11.5. The van der Waals surface area contributed by atoms with Gasteiger partial charge in [-0.25, -0.2) is 0 Å². The van der Waals surface area contributed by atoms with Crippen molar-refractivity contribution in [3.63, 3.8) is 0 Å². The Morgan fingerprint density at radius 2 is 1.84 bits per heavy atom. The predicted molar refractivity (Wildman–Crippen MR) is 71.8 cm³/mol. The summed E-state index contributed by atoms with van der Waals surface area (Å²) in [6.07, 6.45) is 0.655. The first kappa shape index (κ1) is 15.2. The standard InChI is InChI=1S/C15H20O4/c1-4-12(11-8-6-5-7-9-11)13(14(16)17)10(2)15(18)19-3/h5-10,12-13H,4H2,1-3H3,(H,16,17). The Labute approximate surface area is 113 Å². The van der Waals surface area contributed by atoms with Crippen LogP contribution in [0.5, 0.6) is 0 Å².